The molecule has 1 heterocycles. The third kappa shape index (κ3) is 2.50. The molecule has 0 aromatic carbocycles. The van der Waals surface area contributed by atoms with E-state index in [1.54, 1.807) is 18.3 Å². The van der Waals surface area contributed by atoms with Gasteiger partial charge in [-0.3, -0.25) is 4.98 Å². The summed E-state index contributed by atoms with van der Waals surface area (Å²) in [5, 5.41) is 0. The van der Waals surface area contributed by atoms with Crippen LogP contribution in [0.15, 0.2) is 22.8 Å². The second-order valence-electron chi connectivity index (χ2n) is 2.40. The molecule has 1 aromatic heterocycles. The van der Waals surface area contributed by atoms with Gasteiger partial charge in [0.25, 0.3) is 0 Å². The first-order valence-corrected chi connectivity index (χ1v) is 4.39. The molecular weight excluding hydrogens is 236 g/mol. The van der Waals surface area contributed by atoms with Gasteiger partial charge in [-0.15, -0.1) is 0 Å². The number of nitrogens with two attached hydrogens (primary N) is 1. The topological polar surface area (TPSA) is 65.2 Å². The van der Waals surface area contributed by atoms with Crippen molar-refractivity contribution in [2.75, 3.05) is 7.11 Å². The standard InChI is InChI=1S/C8H9BrN2O2/c1-13-8(12)7(10)6-4-5(9)2-3-11-6/h2-4,7H,10H2,1H3. The molecule has 1 rings (SSSR count). The van der Waals surface area contributed by atoms with Gasteiger partial charge in [0.05, 0.1) is 12.8 Å². The number of pyridine rings is 1. The molecule has 0 aliphatic carbocycles. The van der Waals surface area contributed by atoms with Crippen LogP contribution in [0.4, 0.5) is 0 Å². The summed E-state index contributed by atoms with van der Waals surface area (Å²) in [5.41, 5.74) is 6.05. The third-order valence-electron chi connectivity index (χ3n) is 1.52. The van der Waals surface area contributed by atoms with Gasteiger partial charge in [0.1, 0.15) is 6.04 Å². The maximum atomic E-state index is 11.0. The molecule has 1 atom stereocenters. The van der Waals surface area contributed by atoms with E-state index in [0.717, 1.165) is 4.47 Å². The lowest BCUT2D eigenvalue weighted by atomic mass is 10.2. The fourth-order valence-corrected chi connectivity index (χ4v) is 1.19. The number of halogens is 1. The smallest absolute Gasteiger partial charge is 0.328 e. The van der Waals surface area contributed by atoms with E-state index in [2.05, 4.69) is 25.7 Å². The average Bonchev–Trinajstić information content (AvgIpc) is 2.15. The molecule has 0 aliphatic heterocycles. The Bertz CT molecular complexity index is 317. The summed E-state index contributed by atoms with van der Waals surface area (Å²) in [5.74, 6) is -0.495. The number of methoxy groups -OCH3 is 1. The van der Waals surface area contributed by atoms with Crippen LogP contribution < -0.4 is 5.73 Å². The molecule has 0 spiro atoms. The Morgan fingerprint density at radius 2 is 2.46 bits per heavy atom. The molecule has 1 aromatic rings. The zero-order valence-corrected chi connectivity index (χ0v) is 8.61. The first-order valence-electron chi connectivity index (χ1n) is 3.60. The molecule has 4 nitrogen and oxygen atoms in total. The first-order chi connectivity index (χ1) is 6.15. The Morgan fingerprint density at radius 1 is 1.77 bits per heavy atom. The molecule has 0 radical (unpaired) electrons. The minimum Gasteiger partial charge on any atom is -0.468 e. The van der Waals surface area contributed by atoms with E-state index in [1.807, 2.05) is 0 Å². The van der Waals surface area contributed by atoms with Gasteiger partial charge in [0.2, 0.25) is 0 Å². The van der Waals surface area contributed by atoms with Crippen molar-refractivity contribution in [2.24, 2.45) is 5.73 Å². The minimum absolute atomic E-state index is 0.487. The fraction of sp³-hybridized carbons (Fsp3) is 0.250. The van der Waals surface area contributed by atoms with Crippen molar-refractivity contribution < 1.29 is 9.53 Å². The van der Waals surface area contributed by atoms with Crippen molar-refractivity contribution in [2.45, 2.75) is 6.04 Å². The van der Waals surface area contributed by atoms with E-state index < -0.39 is 12.0 Å². The number of hydrogen-bond acceptors (Lipinski definition) is 4. The molecule has 0 saturated carbocycles. The normalized spacial score (nSPS) is 12.2. The highest BCUT2D eigenvalue weighted by molar-refractivity contribution is 9.10. The van der Waals surface area contributed by atoms with Crippen LogP contribution >= 0.6 is 15.9 Å². The Balaban J connectivity index is 2.88. The van der Waals surface area contributed by atoms with Crippen LogP contribution in [0.25, 0.3) is 0 Å². The van der Waals surface area contributed by atoms with E-state index in [4.69, 9.17) is 5.73 Å². The van der Waals surface area contributed by atoms with Crippen LogP contribution in [0.5, 0.6) is 0 Å². The zero-order valence-electron chi connectivity index (χ0n) is 7.03. The predicted octanol–water partition coefficient (Wildman–Crippen LogP) is 1.02. The Hall–Kier alpha value is -0.940. The largest absolute Gasteiger partial charge is 0.468 e. The van der Waals surface area contributed by atoms with E-state index in [0.29, 0.717) is 5.69 Å². The maximum Gasteiger partial charge on any atom is 0.328 e. The number of aromatic nitrogens is 1. The number of rotatable bonds is 2. The molecule has 13 heavy (non-hydrogen) atoms. The highest BCUT2D eigenvalue weighted by Crippen LogP contribution is 2.14. The van der Waals surface area contributed by atoms with Gasteiger partial charge in [-0.1, -0.05) is 15.9 Å². The Kier molecular flexibility index (Phi) is 3.39. The van der Waals surface area contributed by atoms with Crippen molar-refractivity contribution in [3.8, 4) is 0 Å². The highest BCUT2D eigenvalue weighted by Gasteiger charge is 2.17. The van der Waals surface area contributed by atoms with Gasteiger partial charge in [0.15, 0.2) is 0 Å². The lowest BCUT2D eigenvalue weighted by molar-refractivity contribution is -0.142. The number of carbonyl (C=O) groups excluding carboxylic acids is 1. The van der Waals surface area contributed by atoms with Crippen molar-refractivity contribution in [3.63, 3.8) is 0 Å². The molecule has 0 aliphatic rings. The first kappa shape index (κ1) is 10.1. The molecule has 0 amide bonds. The monoisotopic (exact) mass is 244 g/mol. The number of ether oxygens (including phenoxy) is 1. The summed E-state index contributed by atoms with van der Waals surface area (Å²) in [6.07, 6.45) is 1.57. The summed E-state index contributed by atoms with van der Waals surface area (Å²) >= 11 is 3.25. The van der Waals surface area contributed by atoms with Crippen molar-refractivity contribution in [1.29, 1.82) is 0 Å². The fourth-order valence-electron chi connectivity index (χ4n) is 0.839. The third-order valence-corrected chi connectivity index (χ3v) is 2.01. The number of nitrogens with zero attached hydrogens (tertiary/aromatic N) is 1. The molecular formula is C8H9BrN2O2. The summed E-state index contributed by atoms with van der Waals surface area (Å²) in [7, 11) is 1.29. The van der Waals surface area contributed by atoms with Crippen LogP contribution in [0.2, 0.25) is 0 Å². The molecule has 2 N–H and O–H groups in total. The van der Waals surface area contributed by atoms with Crippen LogP contribution in [0, 0.1) is 0 Å². The van der Waals surface area contributed by atoms with Gasteiger partial charge >= 0.3 is 5.97 Å². The SMILES string of the molecule is COC(=O)C(N)c1cc(Br)ccn1. The second kappa shape index (κ2) is 4.34. The van der Waals surface area contributed by atoms with Gasteiger partial charge in [-0.2, -0.15) is 0 Å². The summed E-state index contributed by atoms with van der Waals surface area (Å²) in [4.78, 5) is 15.0. The second-order valence-corrected chi connectivity index (χ2v) is 3.32. The van der Waals surface area contributed by atoms with E-state index in [1.165, 1.54) is 7.11 Å². The van der Waals surface area contributed by atoms with E-state index in [9.17, 15) is 4.79 Å². The number of esters is 1. The lowest BCUT2D eigenvalue weighted by Gasteiger charge is -2.07. The van der Waals surface area contributed by atoms with Crippen LogP contribution in [-0.4, -0.2) is 18.1 Å². The zero-order chi connectivity index (χ0) is 9.84. The summed E-state index contributed by atoms with van der Waals surface area (Å²) < 4.78 is 5.32. The molecule has 0 saturated heterocycles. The van der Waals surface area contributed by atoms with Crippen LogP contribution in [0.3, 0.4) is 0 Å². The van der Waals surface area contributed by atoms with Crippen LogP contribution in [-0.2, 0) is 9.53 Å². The minimum atomic E-state index is -0.817. The maximum absolute atomic E-state index is 11.0. The molecule has 0 fully saturated rings. The van der Waals surface area contributed by atoms with Gasteiger partial charge in [-0.05, 0) is 12.1 Å². The van der Waals surface area contributed by atoms with Crippen molar-refractivity contribution >= 4 is 21.9 Å². The highest BCUT2D eigenvalue weighted by atomic mass is 79.9. The van der Waals surface area contributed by atoms with E-state index in [-0.39, 0.29) is 0 Å². The van der Waals surface area contributed by atoms with Gasteiger partial charge < -0.3 is 10.5 Å². The van der Waals surface area contributed by atoms with E-state index >= 15 is 0 Å². The molecule has 5 heteroatoms. The van der Waals surface area contributed by atoms with Crippen molar-refractivity contribution in [3.05, 3.63) is 28.5 Å². The number of carbonyl (C=O) groups is 1. The summed E-state index contributed by atoms with van der Waals surface area (Å²) in [6.45, 7) is 0. The Labute approximate surface area is 84.2 Å². The molecule has 0 bridgehead atoms. The lowest BCUT2D eigenvalue weighted by Crippen LogP contribution is -2.23. The van der Waals surface area contributed by atoms with Crippen LogP contribution in [0.1, 0.15) is 11.7 Å². The predicted molar refractivity (Wildman–Crippen MR) is 50.9 cm³/mol. The molecule has 70 valence electrons. The van der Waals surface area contributed by atoms with Gasteiger partial charge in [-0.25, -0.2) is 4.79 Å². The van der Waals surface area contributed by atoms with Crippen molar-refractivity contribution in [1.82, 2.24) is 4.98 Å². The Morgan fingerprint density at radius 3 is 3.00 bits per heavy atom. The van der Waals surface area contributed by atoms with Gasteiger partial charge in [0, 0.05) is 10.7 Å². The quantitative estimate of drug-likeness (QED) is 0.790. The average molecular weight is 245 g/mol. The molecule has 1 unspecified atom stereocenters. The summed E-state index contributed by atoms with van der Waals surface area (Å²) in [6, 6.07) is 2.62. The number of hydrogen-bond donors (Lipinski definition) is 1.